The van der Waals surface area contributed by atoms with Crippen LogP contribution in [0.15, 0.2) is 36.7 Å². The lowest BCUT2D eigenvalue weighted by atomic mass is 10.1. The van der Waals surface area contributed by atoms with Crippen LogP contribution in [0, 0.1) is 0 Å². The van der Waals surface area contributed by atoms with Crippen LogP contribution >= 0.6 is 0 Å². The molecule has 1 aromatic carbocycles. The predicted molar refractivity (Wildman–Crippen MR) is 72.9 cm³/mol. The summed E-state index contributed by atoms with van der Waals surface area (Å²) in [5, 5.41) is 10.5. The van der Waals surface area contributed by atoms with Crippen molar-refractivity contribution in [2.24, 2.45) is 5.73 Å². The number of aromatic nitrogens is 3. The van der Waals surface area contributed by atoms with Crippen LogP contribution in [-0.2, 0) is 4.79 Å². The van der Waals surface area contributed by atoms with Crippen LogP contribution < -0.4 is 11.1 Å². The molecule has 6 nitrogen and oxygen atoms in total. The van der Waals surface area contributed by atoms with Crippen LogP contribution in [0.1, 0.15) is 19.8 Å². The van der Waals surface area contributed by atoms with Crippen molar-refractivity contribution in [1.82, 2.24) is 15.0 Å². The standard InChI is InChI=1S/C13H17N5O/c1-2-5-10(14)13(19)16-11-6-3-4-7-12(11)18-9-8-15-17-18/h3-4,6-10H,2,5,14H2,1H3,(H,16,19). The van der Waals surface area contributed by atoms with Crippen molar-refractivity contribution in [2.75, 3.05) is 5.32 Å². The van der Waals surface area contributed by atoms with Crippen molar-refractivity contribution in [1.29, 1.82) is 0 Å². The summed E-state index contributed by atoms with van der Waals surface area (Å²) in [6.07, 6.45) is 4.84. The molecule has 0 spiro atoms. The summed E-state index contributed by atoms with van der Waals surface area (Å²) < 4.78 is 1.60. The van der Waals surface area contributed by atoms with E-state index < -0.39 is 6.04 Å². The van der Waals surface area contributed by atoms with E-state index in [1.54, 1.807) is 17.1 Å². The summed E-state index contributed by atoms with van der Waals surface area (Å²) >= 11 is 0. The van der Waals surface area contributed by atoms with Crippen molar-refractivity contribution in [3.05, 3.63) is 36.7 Å². The molecule has 0 bridgehead atoms. The highest BCUT2D eigenvalue weighted by atomic mass is 16.2. The van der Waals surface area contributed by atoms with Gasteiger partial charge >= 0.3 is 0 Å². The van der Waals surface area contributed by atoms with Gasteiger partial charge in [0.2, 0.25) is 5.91 Å². The highest BCUT2D eigenvalue weighted by Crippen LogP contribution is 2.18. The second-order valence-corrected chi connectivity index (χ2v) is 4.25. The molecule has 100 valence electrons. The first-order chi connectivity index (χ1) is 9.22. The fraction of sp³-hybridized carbons (Fsp3) is 0.308. The zero-order valence-electron chi connectivity index (χ0n) is 10.8. The number of hydrogen-bond donors (Lipinski definition) is 2. The highest BCUT2D eigenvalue weighted by Gasteiger charge is 2.14. The average Bonchev–Trinajstić information content (AvgIpc) is 2.93. The van der Waals surface area contributed by atoms with Gasteiger partial charge in [-0.3, -0.25) is 4.79 Å². The second-order valence-electron chi connectivity index (χ2n) is 4.25. The van der Waals surface area contributed by atoms with Gasteiger partial charge in [0.25, 0.3) is 0 Å². The summed E-state index contributed by atoms with van der Waals surface area (Å²) in [6.45, 7) is 2.00. The molecular weight excluding hydrogens is 242 g/mol. The molecule has 3 N–H and O–H groups in total. The first kappa shape index (κ1) is 13.2. The summed E-state index contributed by atoms with van der Waals surface area (Å²) in [4.78, 5) is 11.9. The lowest BCUT2D eigenvalue weighted by Gasteiger charge is -2.14. The Kier molecular flexibility index (Phi) is 4.25. The molecule has 1 unspecified atom stereocenters. The fourth-order valence-corrected chi connectivity index (χ4v) is 1.78. The summed E-state index contributed by atoms with van der Waals surface area (Å²) in [6, 6.07) is 6.90. The third-order valence-corrected chi connectivity index (χ3v) is 2.77. The molecule has 1 heterocycles. The Morgan fingerprint density at radius 2 is 2.26 bits per heavy atom. The van der Waals surface area contributed by atoms with Gasteiger partial charge in [0.1, 0.15) is 0 Å². The Morgan fingerprint density at radius 3 is 2.95 bits per heavy atom. The van der Waals surface area contributed by atoms with E-state index in [9.17, 15) is 4.79 Å². The predicted octanol–water partition coefficient (Wildman–Crippen LogP) is 1.33. The van der Waals surface area contributed by atoms with E-state index in [4.69, 9.17) is 5.73 Å². The van der Waals surface area contributed by atoms with Gasteiger partial charge in [-0.1, -0.05) is 30.7 Å². The van der Waals surface area contributed by atoms with Crippen molar-refractivity contribution in [3.8, 4) is 5.69 Å². The van der Waals surface area contributed by atoms with E-state index in [2.05, 4.69) is 15.6 Å². The normalized spacial score (nSPS) is 12.1. The van der Waals surface area contributed by atoms with Gasteiger partial charge in [-0.2, -0.15) is 0 Å². The van der Waals surface area contributed by atoms with E-state index >= 15 is 0 Å². The molecule has 0 aliphatic heterocycles. The molecule has 0 saturated carbocycles. The lowest BCUT2D eigenvalue weighted by Crippen LogP contribution is -2.35. The number of amides is 1. The first-order valence-corrected chi connectivity index (χ1v) is 6.24. The monoisotopic (exact) mass is 259 g/mol. The zero-order chi connectivity index (χ0) is 13.7. The smallest absolute Gasteiger partial charge is 0.241 e. The van der Waals surface area contributed by atoms with Gasteiger partial charge in [0.05, 0.1) is 29.8 Å². The first-order valence-electron chi connectivity index (χ1n) is 6.24. The molecule has 1 amide bonds. The van der Waals surface area contributed by atoms with Crippen molar-refractivity contribution >= 4 is 11.6 Å². The number of hydrogen-bond acceptors (Lipinski definition) is 4. The summed E-state index contributed by atoms with van der Waals surface area (Å²) in [7, 11) is 0. The van der Waals surface area contributed by atoms with E-state index in [-0.39, 0.29) is 5.91 Å². The number of benzene rings is 1. The third kappa shape index (κ3) is 3.17. The average molecular weight is 259 g/mol. The highest BCUT2D eigenvalue weighted by molar-refractivity contribution is 5.96. The number of anilines is 1. The van der Waals surface area contributed by atoms with Crippen LogP contribution in [0.2, 0.25) is 0 Å². The number of carbonyl (C=O) groups excluding carboxylic acids is 1. The maximum Gasteiger partial charge on any atom is 0.241 e. The number of carbonyl (C=O) groups is 1. The maximum atomic E-state index is 11.9. The number of nitrogens with two attached hydrogens (primary N) is 1. The molecule has 0 fully saturated rings. The maximum absolute atomic E-state index is 11.9. The van der Waals surface area contributed by atoms with Gasteiger partial charge in [-0.15, -0.1) is 5.10 Å². The Morgan fingerprint density at radius 1 is 1.47 bits per heavy atom. The van der Waals surface area contributed by atoms with Crippen molar-refractivity contribution in [3.63, 3.8) is 0 Å². The van der Waals surface area contributed by atoms with Crippen LogP contribution in [0.4, 0.5) is 5.69 Å². The summed E-state index contributed by atoms with van der Waals surface area (Å²) in [5.41, 5.74) is 7.23. The molecule has 2 rings (SSSR count). The topological polar surface area (TPSA) is 85.8 Å². The van der Waals surface area contributed by atoms with Crippen LogP contribution in [0.25, 0.3) is 5.69 Å². The van der Waals surface area contributed by atoms with E-state index in [1.165, 1.54) is 0 Å². The summed E-state index contributed by atoms with van der Waals surface area (Å²) in [5.74, 6) is -0.186. The van der Waals surface area contributed by atoms with Crippen molar-refractivity contribution < 1.29 is 4.79 Å². The zero-order valence-corrected chi connectivity index (χ0v) is 10.8. The van der Waals surface area contributed by atoms with Crippen LogP contribution in [0.3, 0.4) is 0 Å². The van der Waals surface area contributed by atoms with E-state index in [1.807, 2.05) is 31.2 Å². The molecule has 1 aromatic heterocycles. The number of rotatable bonds is 5. The molecular formula is C13H17N5O. The molecule has 19 heavy (non-hydrogen) atoms. The Labute approximate surface area is 111 Å². The van der Waals surface area contributed by atoms with Gasteiger partial charge in [-0.25, -0.2) is 4.68 Å². The molecule has 1 atom stereocenters. The number of para-hydroxylation sites is 2. The minimum Gasteiger partial charge on any atom is -0.323 e. The molecule has 0 radical (unpaired) electrons. The number of nitrogens with one attached hydrogen (secondary N) is 1. The van der Waals surface area contributed by atoms with Crippen LogP contribution in [-0.4, -0.2) is 26.9 Å². The second kappa shape index (κ2) is 6.10. The molecule has 6 heteroatoms. The van der Waals surface area contributed by atoms with Gasteiger partial charge in [0.15, 0.2) is 0 Å². The lowest BCUT2D eigenvalue weighted by molar-refractivity contribution is -0.117. The molecule has 0 aliphatic rings. The SMILES string of the molecule is CCCC(N)C(=O)Nc1ccccc1-n1ccnn1. The third-order valence-electron chi connectivity index (χ3n) is 2.77. The van der Waals surface area contributed by atoms with Gasteiger partial charge in [0, 0.05) is 0 Å². The van der Waals surface area contributed by atoms with Crippen molar-refractivity contribution in [2.45, 2.75) is 25.8 Å². The Hall–Kier alpha value is -2.21. The molecule has 0 saturated heterocycles. The van der Waals surface area contributed by atoms with Gasteiger partial charge < -0.3 is 11.1 Å². The van der Waals surface area contributed by atoms with Gasteiger partial charge in [-0.05, 0) is 18.6 Å². The fourth-order valence-electron chi connectivity index (χ4n) is 1.78. The van der Waals surface area contributed by atoms with Crippen LogP contribution in [0.5, 0.6) is 0 Å². The van der Waals surface area contributed by atoms with E-state index in [0.717, 1.165) is 12.1 Å². The molecule has 2 aromatic rings. The minimum absolute atomic E-state index is 0.186. The quantitative estimate of drug-likeness (QED) is 0.848. The number of nitrogens with zero attached hydrogens (tertiary/aromatic N) is 3. The largest absolute Gasteiger partial charge is 0.323 e. The van der Waals surface area contributed by atoms with E-state index in [0.29, 0.717) is 12.1 Å². The molecule has 0 aliphatic carbocycles. The Balaban J connectivity index is 2.19. The minimum atomic E-state index is -0.492. The Bertz CT molecular complexity index is 538.